The van der Waals surface area contributed by atoms with E-state index in [0.717, 1.165) is 31.5 Å². The van der Waals surface area contributed by atoms with Crippen molar-refractivity contribution in [1.82, 2.24) is 14.5 Å². The van der Waals surface area contributed by atoms with E-state index >= 15 is 0 Å². The average Bonchev–Trinajstić information content (AvgIpc) is 2.92. The number of nitriles is 1. The van der Waals surface area contributed by atoms with Crippen LogP contribution in [0.2, 0.25) is 0 Å². The molecule has 0 aromatic carbocycles. The minimum absolute atomic E-state index is 0.636. The first-order chi connectivity index (χ1) is 9.31. The highest BCUT2D eigenvalue weighted by atomic mass is 15.0. The van der Waals surface area contributed by atoms with Crippen LogP contribution in [-0.4, -0.2) is 21.1 Å². The zero-order valence-electron chi connectivity index (χ0n) is 11.0. The number of nitrogens with one attached hydrogen (secondary N) is 1. The molecule has 0 saturated heterocycles. The summed E-state index contributed by atoms with van der Waals surface area (Å²) in [6, 6.07) is 4.04. The lowest BCUT2D eigenvalue weighted by molar-refractivity contribution is 0.620. The van der Waals surface area contributed by atoms with Crippen molar-refractivity contribution < 1.29 is 0 Å². The van der Waals surface area contributed by atoms with E-state index in [1.54, 1.807) is 12.4 Å². The molecule has 0 fully saturated rings. The summed E-state index contributed by atoms with van der Waals surface area (Å²) in [6.45, 7) is 3.71. The van der Waals surface area contributed by atoms with Crippen molar-refractivity contribution >= 4 is 5.82 Å². The summed E-state index contributed by atoms with van der Waals surface area (Å²) in [4.78, 5) is 8.21. The van der Waals surface area contributed by atoms with E-state index in [1.807, 2.05) is 25.5 Å². The van der Waals surface area contributed by atoms with Gasteiger partial charge in [0.25, 0.3) is 0 Å². The van der Waals surface area contributed by atoms with Crippen molar-refractivity contribution in [3.63, 3.8) is 0 Å². The van der Waals surface area contributed by atoms with Crippen LogP contribution >= 0.6 is 0 Å². The number of nitrogens with zero attached hydrogens (tertiary/aromatic N) is 4. The van der Waals surface area contributed by atoms with Crippen molar-refractivity contribution in [3.05, 3.63) is 42.1 Å². The van der Waals surface area contributed by atoms with Crippen LogP contribution < -0.4 is 5.32 Å². The molecule has 0 aliphatic heterocycles. The Hall–Kier alpha value is -2.35. The molecule has 5 heteroatoms. The largest absolute Gasteiger partial charge is 0.369 e. The summed E-state index contributed by atoms with van der Waals surface area (Å²) in [6.07, 6.45) is 9.39. The Balaban J connectivity index is 1.77. The number of anilines is 1. The number of pyridine rings is 1. The van der Waals surface area contributed by atoms with Crippen molar-refractivity contribution in [3.8, 4) is 6.07 Å². The zero-order chi connectivity index (χ0) is 13.5. The molecule has 2 rings (SSSR count). The molecule has 5 nitrogen and oxygen atoms in total. The summed E-state index contributed by atoms with van der Waals surface area (Å²) in [5, 5.41) is 12.3. The Morgan fingerprint density at radius 1 is 1.37 bits per heavy atom. The smallest absolute Gasteiger partial charge is 0.144 e. The highest BCUT2D eigenvalue weighted by molar-refractivity contribution is 5.55. The first-order valence-electron chi connectivity index (χ1n) is 6.36. The number of aryl methyl sites for hydroxylation is 2. The summed E-state index contributed by atoms with van der Waals surface area (Å²) in [7, 11) is 0. The third kappa shape index (κ3) is 3.55. The molecule has 0 aliphatic carbocycles. The highest BCUT2D eigenvalue weighted by Gasteiger charge is 2.05. The number of aromatic nitrogens is 3. The van der Waals surface area contributed by atoms with Gasteiger partial charge < -0.3 is 9.88 Å². The van der Waals surface area contributed by atoms with Crippen LogP contribution in [0.3, 0.4) is 0 Å². The number of hydrogen-bond donors (Lipinski definition) is 1. The van der Waals surface area contributed by atoms with Gasteiger partial charge in [0.15, 0.2) is 0 Å². The molecule has 2 aromatic rings. The van der Waals surface area contributed by atoms with Gasteiger partial charge in [-0.1, -0.05) is 0 Å². The Morgan fingerprint density at radius 2 is 2.26 bits per heavy atom. The molecule has 0 amide bonds. The second-order valence-corrected chi connectivity index (χ2v) is 4.40. The van der Waals surface area contributed by atoms with Crippen LogP contribution in [0.25, 0.3) is 0 Å². The summed E-state index contributed by atoms with van der Waals surface area (Å²) in [5.41, 5.74) is 1.59. The number of imidazole rings is 1. The maximum absolute atomic E-state index is 9.09. The third-order valence-electron chi connectivity index (χ3n) is 2.97. The molecule has 0 atom stereocenters. The maximum Gasteiger partial charge on any atom is 0.144 e. The van der Waals surface area contributed by atoms with Gasteiger partial charge in [0, 0.05) is 31.7 Å². The Labute approximate surface area is 112 Å². The fraction of sp³-hybridized carbons (Fsp3) is 0.357. The molecule has 0 aliphatic rings. The van der Waals surface area contributed by atoms with Gasteiger partial charge in [-0.2, -0.15) is 5.26 Å². The van der Waals surface area contributed by atoms with Gasteiger partial charge in [0.2, 0.25) is 0 Å². The van der Waals surface area contributed by atoms with E-state index in [2.05, 4.69) is 25.9 Å². The molecule has 0 unspecified atom stereocenters. The van der Waals surface area contributed by atoms with Crippen LogP contribution in [0.1, 0.15) is 24.0 Å². The maximum atomic E-state index is 9.09. The minimum atomic E-state index is 0.636. The molecule has 0 saturated carbocycles. The summed E-state index contributed by atoms with van der Waals surface area (Å²) in [5.74, 6) is 0.685. The van der Waals surface area contributed by atoms with Crippen LogP contribution in [0, 0.1) is 18.3 Å². The molecular weight excluding hydrogens is 238 g/mol. The highest BCUT2D eigenvalue weighted by Crippen LogP contribution is 2.14. The lowest BCUT2D eigenvalue weighted by Crippen LogP contribution is -2.07. The van der Waals surface area contributed by atoms with E-state index in [1.165, 1.54) is 0 Å². The quantitative estimate of drug-likeness (QED) is 0.805. The van der Waals surface area contributed by atoms with Gasteiger partial charge in [0.1, 0.15) is 11.9 Å². The predicted molar refractivity (Wildman–Crippen MR) is 73.6 cm³/mol. The van der Waals surface area contributed by atoms with E-state index in [0.29, 0.717) is 11.4 Å². The van der Waals surface area contributed by atoms with E-state index in [-0.39, 0.29) is 0 Å². The topological polar surface area (TPSA) is 66.5 Å². The van der Waals surface area contributed by atoms with Crippen molar-refractivity contribution in [2.45, 2.75) is 26.3 Å². The van der Waals surface area contributed by atoms with Gasteiger partial charge in [-0.05, 0) is 31.4 Å². The van der Waals surface area contributed by atoms with E-state index in [4.69, 9.17) is 5.26 Å². The SMILES string of the molecule is Cc1ccnc(NCCCCn2ccnc2)c1C#N. The molecule has 19 heavy (non-hydrogen) atoms. The molecule has 2 aromatic heterocycles. The van der Waals surface area contributed by atoms with Crippen LogP contribution in [0.4, 0.5) is 5.82 Å². The average molecular weight is 255 g/mol. The number of hydrogen-bond acceptors (Lipinski definition) is 4. The summed E-state index contributed by atoms with van der Waals surface area (Å²) < 4.78 is 2.06. The Bertz CT molecular complexity index is 554. The fourth-order valence-electron chi connectivity index (χ4n) is 1.88. The summed E-state index contributed by atoms with van der Waals surface area (Å²) >= 11 is 0. The van der Waals surface area contributed by atoms with E-state index in [9.17, 15) is 0 Å². The normalized spacial score (nSPS) is 10.1. The van der Waals surface area contributed by atoms with Gasteiger partial charge >= 0.3 is 0 Å². The molecule has 1 N–H and O–H groups in total. The standard InChI is InChI=1S/C14H17N5/c1-12-4-6-18-14(13(12)10-15)17-5-2-3-8-19-9-7-16-11-19/h4,6-7,9,11H,2-3,5,8H2,1H3,(H,17,18). The fourth-order valence-corrected chi connectivity index (χ4v) is 1.88. The first kappa shape index (κ1) is 13.1. The third-order valence-corrected chi connectivity index (χ3v) is 2.97. The lowest BCUT2D eigenvalue weighted by atomic mass is 10.1. The van der Waals surface area contributed by atoms with Crippen molar-refractivity contribution in [2.75, 3.05) is 11.9 Å². The molecule has 0 bridgehead atoms. The molecule has 98 valence electrons. The Morgan fingerprint density at radius 3 is 3.00 bits per heavy atom. The molecular formula is C14H17N5. The molecule has 0 radical (unpaired) electrons. The lowest BCUT2D eigenvalue weighted by Gasteiger charge is -2.08. The van der Waals surface area contributed by atoms with Gasteiger partial charge in [-0.15, -0.1) is 0 Å². The predicted octanol–water partition coefficient (Wildman–Crippen LogP) is 2.35. The van der Waals surface area contributed by atoms with Crippen LogP contribution in [0.15, 0.2) is 31.0 Å². The zero-order valence-corrected chi connectivity index (χ0v) is 11.0. The van der Waals surface area contributed by atoms with Crippen LogP contribution in [0.5, 0.6) is 0 Å². The van der Waals surface area contributed by atoms with Gasteiger partial charge in [-0.3, -0.25) is 0 Å². The van der Waals surface area contributed by atoms with Gasteiger partial charge in [-0.25, -0.2) is 9.97 Å². The second-order valence-electron chi connectivity index (χ2n) is 4.40. The number of rotatable bonds is 6. The number of unbranched alkanes of at least 4 members (excludes halogenated alkanes) is 1. The second kappa shape index (κ2) is 6.55. The van der Waals surface area contributed by atoms with E-state index < -0.39 is 0 Å². The first-order valence-corrected chi connectivity index (χ1v) is 6.36. The molecule has 2 heterocycles. The Kier molecular flexibility index (Phi) is 4.51. The van der Waals surface area contributed by atoms with Gasteiger partial charge in [0.05, 0.1) is 11.9 Å². The van der Waals surface area contributed by atoms with Crippen LogP contribution in [-0.2, 0) is 6.54 Å². The molecule has 0 spiro atoms. The van der Waals surface area contributed by atoms with Crippen molar-refractivity contribution in [2.24, 2.45) is 0 Å². The monoisotopic (exact) mass is 255 g/mol. The minimum Gasteiger partial charge on any atom is -0.369 e. The van der Waals surface area contributed by atoms with Crippen molar-refractivity contribution in [1.29, 1.82) is 5.26 Å².